The minimum absolute atomic E-state index is 0.0430. The molecule has 2 aromatic carbocycles. The molecule has 1 N–H and O–H groups in total. The Balaban J connectivity index is 0.000000155. The first-order valence-electron chi connectivity index (χ1n) is 11.6. The quantitative estimate of drug-likeness (QED) is 0.193. The Morgan fingerprint density at radius 1 is 0.711 bits per heavy atom. The van der Waals surface area contributed by atoms with Crippen LogP contribution in [0.4, 0.5) is 0 Å². The molecule has 2 heterocycles. The van der Waals surface area contributed by atoms with Crippen LogP contribution in [-0.4, -0.2) is 20.9 Å². The lowest BCUT2D eigenvalue weighted by atomic mass is 10.0. The van der Waals surface area contributed by atoms with Gasteiger partial charge in [0.25, 0.3) is 0 Å². The summed E-state index contributed by atoms with van der Waals surface area (Å²) in [7, 11) is 0. The topological polar surface area (TPSA) is 63.1 Å². The second kappa shape index (κ2) is 11.8. The molecular formula is C28H18Br4Cl2N2O2. The van der Waals surface area contributed by atoms with E-state index >= 15 is 0 Å². The average Bonchev–Trinajstić information content (AvgIpc) is 3.07. The SMILES string of the molecule is O=C1c2ncc(Br)cc2CCc2cc(Cl)cc(Br)c21.OC1c2ncc(Br)cc2CCc2cc(Cl)cc(Br)c21. The van der Waals surface area contributed by atoms with E-state index in [1.807, 2.05) is 30.3 Å². The highest BCUT2D eigenvalue weighted by molar-refractivity contribution is 9.11. The number of aliphatic hydroxyl groups is 1. The number of fused-ring (bicyclic) bond motifs is 4. The Morgan fingerprint density at radius 3 is 2.00 bits per heavy atom. The number of ketones is 1. The Bertz CT molecular complexity index is 1600. The van der Waals surface area contributed by atoms with Crippen molar-refractivity contribution in [2.45, 2.75) is 31.8 Å². The third kappa shape index (κ3) is 5.82. The van der Waals surface area contributed by atoms with Crippen LogP contribution in [0.2, 0.25) is 10.0 Å². The number of aliphatic hydroxyl groups excluding tert-OH is 1. The zero-order valence-corrected chi connectivity index (χ0v) is 27.4. The fraction of sp³-hybridized carbons (Fsp3) is 0.179. The smallest absolute Gasteiger partial charge is 0.213 e. The van der Waals surface area contributed by atoms with Crippen molar-refractivity contribution in [3.63, 3.8) is 0 Å². The monoisotopic (exact) mass is 800 g/mol. The molecule has 2 aliphatic carbocycles. The van der Waals surface area contributed by atoms with E-state index in [1.54, 1.807) is 18.5 Å². The number of halogens is 6. The van der Waals surface area contributed by atoms with Crippen LogP contribution in [0, 0.1) is 0 Å². The molecule has 4 aromatic rings. The van der Waals surface area contributed by atoms with E-state index in [2.05, 4.69) is 73.7 Å². The molecule has 0 radical (unpaired) electrons. The lowest BCUT2D eigenvalue weighted by Gasteiger charge is -2.15. The number of benzene rings is 2. The van der Waals surface area contributed by atoms with Crippen molar-refractivity contribution in [2.75, 3.05) is 0 Å². The van der Waals surface area contributed by atoms with Gasteiger partial charge in [0.05, 0.1) is 5.69 Å². The molecular weight excluding hydrogens is 787 g/mol. The van der Waals surface area contributed by atoms with Crippen LogP contribution in [0.5, 0.6) is 0 Å². The van der Waals surface area contributed by atoms with Crippen LogP contribution in [0.25, 0.3) is 0 Å². The van der Waals surface area contributed by atoms with Crippen molar-refractivity contribution < 1.29 is 9.90 Å². The van der Waals surface area contributed by atoms with Crippen LogP contribution in [-0.2, 0) is 25.7 Å². The minimum atomic E-state index is -0.716. The zero-order chi connectivity index (χ0) is 27.1. The lowest BCUT2D eigenvalue weighted by Crippen LogP contribution is -2.07. The summed E-state index contributed by atoms with van der Waals surface area (Å²) in [5.41, 5.74) is 6.89. The molecule has 1 unspecified atom stereocenters. The zero-order valence-electron chi connectivity index (χ0n) is 19.5. The van der Waals surface area contributed by atoms with E-state index in [0.29, 0.717) is 21.3 Å². The predicted molar refractivity (Wildman–Crippen MR) is 164 cm³/mol. The first-order valence-corrected chi connectivity index (χ1v) is 15.5. The summed E-state index contributed by atoms with van der Waals surface area (Å²) < 4.78 is 3.39. The summed E-state index contributed by atoms with van der Waals surface area (Å²) in [6.45, 7) is 0. The second-order valence-electron chi connectivity index (χ2n) is 8.97. The summed E-state index contributed by atoms with van der Waals surface area (Å²) in [5.74, 6) is -0.0430. The minimum Gasteiger partial charge on any atom is -0.382 e. The van der Waals surface area contributed by atoms with E-state index < -0.39 is 6.10 Å². The van der Waals surface area contributed by atoms with Gasteiger partial charge in [-0.3, -0.25) is 14.8 Å². The third-order valence-corrected chi connectivity index (χ3v) is 9.11. The van der Waals surface area contributed by atoms with E-state index in [1.165, 1.54) is 0 Å². The third-order valence-electron chi connectivity index (χ3n) is 6.52. The maximum atomic E-state index is 12.6. The van der Waals surface area contributed by atoms with Gasteiger partial charge in [-0.1, -0.05) is 39.1 Å². The Kier molecular flexibility index (Phi) is 8.80. The van der Waals surface area contributed by atoms with Gasteiger partial charge >= 0.3 is 0 Å². The number of rotatable bonds is 0. The Hall–Kier alpha value is -1.13. The first kappa shape index (κ1) is 28.4. The number of nitrogens with zero attached hydrogens (tertiary/aromatic N) is 2. The molecule has 0 spiro atoms. The van der Waals surface area contributed by atoms with Gasteiger partial charge in [-0.15, -0.1) is 0 Å². The Labute approximate surface area is 263 Å². The molecule has 38 heavy (non-hydrogen) atoms. The van der Waals surface area contributed by atoms with Crippen LogP contribution in [0.1, 0.15) is 55.7 Å². The van der Waals surface area contributed by atoms with Crippen LogP contribution in [0.15, 0.2) is 66.7 Å². The summed E-state index contributed by atoms with van der Waals surface area (Å²) in [4.78, 5) is 21.3. The van der Waals surface area contributed by atoms with Crippen molar-refractivity contribution in [2.24, 2.45) is 0 Å². The molecule has 0 aliphatic heterocycles. The molecule has 0 amide bonds. The summed E-state index contributed by atoms with van der Waals surface area (Å²) >= 11 is 25.9. The highest BCUT2D eigenvalue weighted by atomic mass is 79.9. The molecule has 2 aromatic heterocycles. The van der Waals surface area contributed by atoms with Gasteiger partial charge in [0, 0.05) is 51.5 Å². The van der Waals surface area contributed by atoms with Gasteiger partial charge < -0.3 is 5.11 Å². The largest absolute Gasteiger partial charge is 0.382 e. The van der Waals surface area contributed by atoms with Gasteiger partial charge in [0.15, 0.2) is 0 Å². The standard InChI is InChI=1S/C14H10Br2ClNO.C14H8Br2ClNO/c2*15-9-3-8-2-1-7-4-10(17)5-11(16)12(7)14(19)13(8)18-6-9/h3-6,14,19H,1-2H2;3-6H,1-2H2. The lowest BCUT2D eigenvalue weighted by molar-refractivity contribution is 0.103. The highest BCUT2D eigenvalue weighted by Crippen LogP contribution is 2.38. The number of pyridine rings is 2. The molecule has 1 atom stereocenters. The second-order valence-corrected chi connectivity index (χ2v) is 13.4. The number of carbonyl (C=O) groups is 1. The van der Waals surface area contributed by atoms with Crippen molar-refractivity contribution >= 4 is 92.7 Å². The predicted octanol–water partition coefficient (Wildman–Crippen LogP) is 9.03. The fourth-order valence-electron chi connectivity index (χ4n) is 4.84. The molecule has 0 saturated heterocycles. The highest BCUT2D eigenvalue weighted by Gasteiger charge is 2.26. The maximum absolute atomic E-state index is 12.6. The number of carbonyl (C=O) groups excluding carboxylic acids is 1. The van der Waals surface area contributed by atoms with Crippen LogP contribution in [0.3, 0.4) is 0 Å². The normalized spacial score (nSPS) is 15.7. The Morgan fingerprint density at radius 2 is 1.26 bits per heavy atom. The van der Waals surface area contributed by atoms with E-state index in [-0.39, 0.29) is 5.78 Å². The number of aromatic nitrogens is 2. The molecule has 0 fully saturated rings. The maximum Gasteiger partial charge on any atom is 0.213 e. The number of hydrogen-bond acceptors (Lipinski definition) is 4. The van der Waals surface area contributed by atoms with E-state index in [9.17, 15) is 9.90 Å². The summed E-state index contributed by atoms with van der Waals surface area (Å²) in [6, 6.07) is 11.3. The molecule has 10 heteroatoms. The molecule has 2 aliphatic rings. The number of aryl methyl sites for hydroxylation is 4. The fourth-order valence-corrected chi connectivity index (χ4v) is 7.74. The van der Waals surface area contributed by atoms with Crippen molar-refractivity contribution in [1.29, 1.82) is 0 Å². The number of hydrogen-bond donors (Lipinski definition) is 1. The molecule has 6 rings (SSSR count). The van der Waals surface area contributed by atoms with Crippen LogP contribution < -0.4 is 0 Å². The summed E-state index contributed by atoms with van der Waals surface area (Å²) in [5, 5.41) is 11.9. The summed E-state index contributed by atoms with van der Waals surface area (Å²) in [6.07, 6.45) is 5.92. The van der Waals surface area contributed by atoms with Gasteiger partial charge in [-0.2, -0.15) is 0 Å². The molecule has 194 valence electrons. The first-order chi connectivity index (χ1) is 18.1. The molecule has 0 bridgehead atoms. The van der Waals surface area contributed by atoms with Crippen molar-refractivity contribution in [1.82, 2.24) is 9.97 Å². The average molecular weight is 805 g/mol. The van der Waals surface area contributed by atoms with E-state index in [0.717, 1.165) is 77.1 Å². The van der Waals surface area contributed by atoms with Crippen molar-refractivity contribution in [3.8, 4) is 0 Å². The van der Waals surface area contributed by atoms with Gasteiger partial charge in [-0.25, -0.2) is 0 Å². The van der Waals surface area contributed by atoms with Crippen LogP contribution >= 0.6 is 86.9 Å². The molecule has 0 saturated carbocycles. The van der Waals surface area contributed by atoms with Gasteiger partial charge in [0.1, 0.15) is 11.8 Å². The van der Waals surface area contributed by atoms with Gasteiger partial charge in [0.2, 0.25) is 5.78 Å². The van der Waals surface area contributed by atoms with Crippen molar-refractivity contribution in [3.05, 3.63) is 121 Å². The van der Waals surface area contributed by atoms with E-state index in [4.69, 9.17) is 23.2 Å². The molecule has 4 nitrogen and oxygen atoms in total. The van der Waals surface area contributed by atoms with Gasteiger partial charge in [-0.05, 0) is 132 Å².